The number of hydrogen-bond acceptors (Lipinski definition) is 3. The number of rotatable bonds is 5. The van der Waals surface area contributed by atoms with Crippen LogP contribution in [0.2, 0.25) is 0 Å². The van der Waals surface area contributed by atoms with Crippen LogP contribution >= 0.6 is 0 Å². The molecule has 20 heavy (non-hydrogen) atoms. The predicted molar refractivity (Wildman–Crippen MR) is 75.9 cm³/mol. The fraction of sp³-hybridized carbons (Fsp3) is 0.615. The third kappa shape index (κ3) is 3.21. The molecule has 6 nitrogen and oxygen atoms in total. The van der Waals surface area contributed by atoms with Crippen molar-refractivity contribution >= 4 is 15.9 Å². The molecule has 1 aliphatic rings. The van der Waals surface area contributed by atoms with Crippen molar-refractivity contribution in [3.05, 3.63) is 18.0 Å². The molecule has 1 amide bonds. The molecule has 7 heteroatoms. The van der Waals surface area contributed by atoms with Crippen LogP contribution in [0.3, 0.4) is 0 Å². The minimum Gasteiger partial charge on any atom is -0.346 e. The number of nitrogens with two attached hydrogens (primary N) is 1. The van der Waals surface area contributed by atoms with Crippen molar-refractivity contribution in [2.75, 3.05) is 0 Å². The summed E-state index contributed by atoms with van der Waals surface area (Å²) in [6.45, 7) is 5.84. The molecule has 1 aromatic heterocycles. The maximum Gasteiger partial charge on any atom is 0.268 e. The molecular weight excluding hydrogens is 278 g/mol. The molecule has 0 bridgehead atoms. The van der Waals surface area contributed by atoms with Crippen molar-refractivity contribution in [1.29, 1.82) is 0 Å². The van der Waals surface area contributed by atoms with E-state index in [4.69, 9.17) is 5.14 Å². The van der Waals surface area contributed by atoms with Gasteiger partial charge in [-0.1, -0.05) is 6.92 Å². The second-order valence-corrected chi connectivity index (χ2v) is 7.50. The highest BCUT2D eigenvalue weighted by Crippen LogP contribution is 2.37. The van der Waals surface area contributed by atoms with Crippen LogP contribution in [-0.4, -0.2) is 24.4 Å². The highest BCUT2D eigenvalue weighted by Gasteiger charge is 2.31. The largest absolute Gasteiger partial charge is 0.346 e. The van der Waals surface area contributed by atoms with Crippen LogP contribution < -0.4 is 10.5 Å². The Morgan fingerprint density at radius 1 is 1.50 bits per heavy atom. The van der Waals surface area contributed by atoms with Gasteiger partial charge in [-0.2, -0.15) is 0 Å². The minimum atomic E-state index is -3.79. The zero-order valence-corrected chi connectivity index (χ0v) is 12.8. The van der Waals surface area contributed by atoms with Crippen LogP contribution in [0.25, 0.3) is 0 Å². The van der Waals surface area contributed by atoms with E-state index < -0.39 is 10.0 Å². The molecule has 0 aromatic carbocycles. The van der Waals surface area contributed by atoms with Gasteiger partial charge in [-0.3, -0.25) is 4.79 Å². The van der Waals surface area contributed by atoms with Crippen LogP contribution in [-0.2, 0) is 10.0 Å². The lowest BCUT2D eigenvalue weighted by molar-refractivity contribution is 0.0901. The highest BCUT2D eigenvalue weighted by molar-refractivity contribution is 7.89. The first-order valence-corrected chi connectivity index (χ1v) is 8.26. The molecule has 1 aliphatic carbocycles. The van der Waals surface area contributed by atoms with E-state index in [2.05, 4.69) is 5.32 Å². The smallest absolute Gasteiger partial charge is 0.268 e. The molecule has 112 valence electrons. The van der Waals surface area contributed by atoms with E-state index in [0.717, 1.165) is 19.3 Å². The summed E-state index contributed by atoms with van der Waals surface area (Å²) in [6, 6.07) is 1.56. The maximum atomic E-state index is 12.3. The summed E-state index contributed by atoms with van der Waals surface area (Å²) in [4.78, 5) is 12.3. The van der Waals surface area contributed by atoms with Gasteiger partial charge in [0.05, 0.1) is 0 Å². The Morgan fingerprint density at radius 2 is 2.10 bits per heavy atom. The molecular formula is C13H21N3O3S. The summed E-state index contributed by atoms with van der Waals surface area (Å²) in [5.74, 6) is -0.265. The summed E-state index contributed by atoms with van der Waals surface area (Å²) in [6.07, 6.45) is 4.15. The maximum absolute atomic E-state index is 12.3. The predicted octanol–water partition coefficient (Wildman–Crippen LogP) is 1.39. The summed E-state index contributed by atoms with van der Waals surface area (Å²) >= 11 is 0. The highest BCUT2D eigenvalue weighted by atomic mass is 32.2. The molecule has 0 unspecified atom stereocenters. The Labute approximate surface area is 119 Å². The number of sulfonamides is 1. The Morgan fingerprint density at radius 3 is 2.55 bits per heavy atom. The van der Waals surface area contributed by atoms with Crippen LogP contribution in [0.4, 0.5) is 0 Å². The number of nitrogens with one attached hydrogen (secondary N) is 1. The minimum absolute atomic E-state index is 0.0103. The molecule has 0 saturated heterocycles. The number of carbonyl (C=O) groups excluding carboxylic acids is 1. The van der Waals surface area contributed by atoms with Gasteiger partial charge in [-0.05, 0) is 39.2 Å². The number of carbonyl (C=O) groups is 1. The number of aromatic nitrogens is 1. The Bertz CT molecular complexity index is 627. The topological polar surface area (TPSA) is 94.2 Å². The van der Waals surface area contributed by atoms with Gasteiger partial charge in [0, 0.05) is 17.8 Å². The van der Waals surface area contributed by atoms with Crippen LogP contribution in [0.1, 0.15) is 56.6 Å². The first-order chi connectivity index (χ1) is 9.14. The number of nitrogens with zero attached hydrogens (tertiary/aromatic N) is 1. The summed E-state index contributed by atoms with van der Waals surface area (Å²) in [5.41, 5.74) is 0.0235. The SMILES string of the molecule is CCC(C)(C)NC(=O)c1cc(S(N)(=O)=O)cn1C1CC1. The van der Waals surface area contributed by atoms with E-state index in [-0.39, 0.29) is 22.4 Å². The van der Waals surface area contributed by atoms with Gasteiger partial charge in [0.25, 0.3) is 5.91 Å². The molecule has 3 N–H and O–H groups in total. The summed E-state index contributed by atoms with van der Waals surface area (Å²) < 4.78 is 24.6. The molecule has 1 saturated carbocycles. The van der Waals surface area contributed by atoms with Gasteiger partial charge in [-0.15, -0.1) is 0 Å². The van der Waals surface area contributed by atoms with Crippen molar-refractivity contribution in [2.45, 2.75) is 56.5 Å². The summed E-state index contributed by atoms with van der Waals surface area (Å²) in [5, 5.41) is 8.05. The van der Waals surface area contributed by atoms with Crippen LogP contribution in [0, 0.1) is 0 Å². The third-order valence-corrected chi connectivity index (χ3v) is 4.54. The summed E-state index contributed by atoms with van der Waals surface area (Å²) in [7, 11) is -3.79. The van der Waals surface area contributed by atoms with Gasteiger partial charge in [0.2, 0.25) is 10.0 Å². The molecule has 0 radical (unpaired) electrons. The van der Waals surface area contributed by atoms with Crippen LogP contribution in [0.5, 0.6) is 0 Å². The molecule has 1 aromatic rings. The van der Waals surface area contributed by atoms with E-state index in [1.807, 2.05) is 20.8 Å². The van der Waals surface area contributed by atoms with E-state index in [0.29, 0.717) is 5.69 Å². The Hall–Kier alpha value is -1.34. The first-order valence-electron chi connectivity index (χ1n) is 6.71. The van der Waals surface area contributed by atoms with Crippen molar-refractivity contribution < 1.29 is 13.2 Å². The average molecular weight is 299 g/mol. The van der Waals surface area contributed by atoms with E-state index >= 15 is 0 Å². The van der Waals surface area contributed by atoms with E-state index in [1.54, 1.807) is 4.57 Å². The second kappa shape index (κ2) is 4.89. The lowest BCUT2D eigenvalue weighted by Crippen LogP contribution is -2.43. The van der Waals surface area contributed by atoms with E-state index in [9.17, 15) is 13.2 Å². The monoisotopic (exact) mass is 299 g/mol. The van der Waals surface area contributed by atoms with Crippen LogP contribution in [0.15, 0.2) is 17.2 Å². The molecule has 1 fully saturated rings. The first kappa shape index (κ1) is 15.1. The van der Waals surface area contributed by atoms with Gasteiger partial charge in [0.15, 0.2) is 0 Å². The quantitative estimate of drug-likeness (QED) is 0.860. The normalized spacial score (nSPS) is 16.2. The lowest BCUT2D eigenvalue weighted by atomic mass is 10.0. The van der Waals surface area contributed by atoms with E-state index in [1.165, 1.54) is 12.3 Å². The van der Waals surface area contributed by atoms with Gasteiger partial charge in [-0.25, -0.2) is 13.6 Å². The van der Waals surface area contributed by atoms with Crippen molar-refractivity contribution in [3.8, 4) is 0 Å². The fourth-order valence-corrected chi connectivity index (χ4v) is 2.44. The zero-order chi connectivity index (χ0) is 15.1. The Balaban J connectivity index is 2.35. The van der Waals surface area contributed by atoms with Crippen molar-refractivity contribution in [3.63, 3.8) is 0 Å². The van der Waals surface area contributed by atoms with Gasteiger partial charge < -0.3 is 9.88 Å². The third-order valence-electron chi connectivity index (χ3n) is 3.66. The average Bonchev–Trinajstić information content (AvgIpc) is 3.05. The fourth-order valence-electron chi connectivity index (χ4n) is 1.91. The van der Waals surface area contributed by atoms with Gasteiger partial charge >= 0.3 is 0 Å². The lowest BCUT2D eigenvalue weighted by Gasteiger charge is -2.24. The molecule has 0 aliphatic heterocycles. The molecule has 2 rings (SSSR count). The zero-order valence-electron chi connectivity index (χ0n) is 12.0. The number of primary sulfonamides is 1. The number of amides is 1. The molecule has 0 spiro atoms. The van der Waals surface area contributed by atoms with Crippen molar-refractivity contribution in [2.24, 2.45) is 5.14 Å². The van der Waals surface area contributed by atoms with Gasteiger partial charge in [0.1, 0.15) is 10.6 Å². The second-order valence-electron chi connectivity index (χ2n) is 5.94. The molecule has 0 atom stereocenters. The number of hydrogen-bond donors (Lipinski definition) is 2. The van der Waals surface area contributed by atoms with Crippen molar-refractivity contribution in [1.82, 2.24) is 9.88 Å². The Kier molecular flexibility index (Phi) is 3.68. The standard InChI is InChI=1S/C13H21N3O3S/c1-4-13(2,3)15-12(17)11-7-10(20(14,18)19)8-16(11)9-5-6-9/h7-9H,4-6H2,1-3H3,(H,15,17)(H2,14,18,19). The molecule has 1 heterocycles.